The summed E-state index contributed by atoms with van der Waals surface area (Å²) < 4.78 is 5.28. The Morgan fingerprint density at radius 3 is 2.58 bits per heavy atom. The molecule has 1 saturated heterocycles. The maximum Gasteiger partial charge on any atom is 0.320 e. The van der Waals surface area contributed by atoms with Gasteiger partial charge in [0.15, 0.2) is 5.92 Å². The molecule has 7 nitrogen and oxygen atoms in total. The van der Waals surface area contributed by atoms with Crippen molar-refractivity contribution >= 4 is 17.8 Å². The minimum Gasteiger partial charge on any atom is -0.480 e. The SMILES string of the molecule is O=C(O)C1C(=O)N(CCCN2CCOCC2)C(=O)c2ccccc21. The molecule has 2 heterocycles. The molecule has 3 rings (SSSR count). The first-order chi connectivity index (χ1) is 11.6. The van der Waals surface area contributed by atoms with Crippen molar-refractivity contribution < 1.29 is 24.2 Å². The molecule has 1 aromatic carbocycles. The number of carbonyl (C=O) groups excluding carboxylic acids is 2. The Kier molecular flexibility index (Phi) is 4.92. The Morgan fingerprint density at radius 1 is 1.17 bits per heavy atom. The summed E-state index contributed by atoms with van der Waals surface area (Å²) in [5.74, 6) is -3.58. The van der Waals surface area contributed by atoms with Gasteiger partial charge in [0.2, 0.25) is 5.91 Å². The Bertz CT molecular complexity index is 654. The monoisotopic (exact) mass is 332 g/mol. The van der Waals surface area contributed by atoms with E-state index in [1.54, 1.807) is 18.2 Å². The molecule has 0 radical (unpaired) electrons. The molecule has 2 amide bonds. The molecule has 0 aromatic heterocycles. The van der Waals surface area contributed by atoms with Crippen molar-refractivity contribution in [3.8, 4) is 0 Å². The molecule has 0 aliphatic carbocycles. The number of aliphatic carboxylic acids is 1. The van der Waals surface area contributed by atoms with Gasteiger partial charge in [0, 0.05) is 31.7 Å². The quantitative estimate of drug-likeness (QED) is 0.626. The zero-order valence-corrected chi connectivity index (χ0v) is 13.3. The number of hydrogen-bond donors (Lipinski definition) is 1. The lowest BCUT2D eigenvalue weighted by atomic mass is 9.88. The second-order valence-corrected chi connectivity index (χ2v) is 5.96. The van der Waals surface area contributed by atoms with Gasteiger partial charge in [-0.05, 0) is 18.1 Å². The van der Waals surface area contributed by atoms with E-state index < -0.39 is 23.7 Å². The van der Waals surface area contributed by atoms with E-state index in [0.29, 0.717) is 25.2 Å². The second kappa shape index (κ2) is 7.11. The van der Waals surface area contributed by atoms with Crippen LogP contribution in [-0.4, -0.2) is 72.1 Å². The number of hydrogen-bond acceptors (Lipinski definition) is 5. The molecule has 24 heavy (non-hydrogen) atoms. The number of nitrogens with zero attached hydrogens (tertiary/aromatic N) is 2. The number of carboxylic acids is 1. The van der Waals surface area contributed by atoms with Gasteiger partial charge in [0.05, 0.1) is 13.2 Å². The third kappa shape index (κ3) is 3.18. The number of benzene rings is 1. The average molecular weight is 332 g/mol. The standard InChI is InChI=1S/C17H20N2O5/c20-15-13-5-2-1-4-12(13)14(17(22)23)16(21)19(15)7-3-6-18-8-10-24-11-9-18/h1-2,4-5,14H,3,6-11H2,(H,22,23). The zero-order chi connectivity index (χ0) is 17.1. The van der Waals surface area contributed by atoms with Gasteiger partial charge < -0.3 is 9.84 Å². The van der Waals surface area contributed by atoms with E-state index >= 15 is 0 Å². The number of morpholine rings is 1. The maximum absolute atomic E-state index is 12.6. The van der Waals surface area contributed by atoms with Gasteiger partial charge in [0.25, 0.3) is 5.91 Å². The van der Waals surface area contributed by atoms with Crippen LogP contribution in [0.5, 0.6) is 0 Å². The summed E-state index contributed by atoms with van der Waals surface area (Å²) in [5.41, 5.74) is 0.584. The highest BCUT2D eigenvalue weighted by atomic mass is 16.5. The van der Waals surface area contributed by atoms with Gasteiger partial charge in [0.1, 0.15) is 0 Å². The highest BCUT2D eigenvalue weighted by Gasteiger charge is 2.42. The molecule has 0 spiro atoms. The third-order valence-corrected chi connectivity index (χ3v) is 4.47. The van der Waals surface area contributed by atoms with E-state index in [0.717, 1.165) is 24.5 Å². The van der Waals surface area contributed by atoms with Gasteiger partial charge >= 0.3 is 5.97 Å². The van der Waals surface area contributed by atoms with Crippen molar-refractivity contribution in [3.05, 3.63) is 35.4 Å². The van der Waals surface area contributed by atoms with Crippen molar-refractivity contribution in [2.45, 2.75) is 12.3 Å². The first-order valence-corrected chi connectivity index (χ1v) is 8.07. The maximum atomic E-state index is 12.6. The topological polar surface area (TPSA) is 87.2 Å². The number of carboxylic acid groups (broad SMARTS) is 1. The van der Waals surface area contributed by atoms with Crippen LogP contribution in [0.15, 0.2) is 24.3 Å². The molecule has 2 aliphatic rings. The fourth-order valence-electron chi connectivity index (χ4n) is 3.21. The fourth-order valence-corrected chi connectivity index (χ4v) is 3.21. The number of carbonyl (C=O) groups is 3. The summed E-state index contributed by atoms with van der Waals surface area (Å²) in [4.78, 5) is 39.9. The van der Waals surface area contributed by atoms with Gasteiger partial charge in [-0.25, -0.2) is 0 Å². The summed E-state index contributed by atoms with van der Waals surface area (Å²) in [6.45, 7) is 4.03. The van der Waals surface area contributed by atoms with Gasteiger partial charge in [-0.2, -0.15) is 0 Å². The van der Waals surface area contributed by atoms with Crippen LogP contribution in [0.4, 0.5) is 0 Å². The minimum absolute atomic E-state index is 0.229. The van der Waals surface area contributed by atoms with Gasteiger partial charge in [-0.3, -0.25) is 24.2 Å². The van der Waals surface area contributed by atoms with Crippen LogP contribution in [0.2, 0.25) is 0 Å². The number of ether oxygens (including phenoxy) is 1. The molecule has 0 saturated carbocycles. The average Bonchev–Trinajstić information content (AvgIpc) is 2.58. The van der Waals surface area contributed by atoms with Crippen LogP contribution in [0, 0.1) is 0 Å². The lowest BCUT2D eigenvalue weighted by Gasteiger charge is -2.32. The molecule has 1 aromatic rings. The molecule has 1 N–H and O–H groups in total. The molecule has 7 heteroatoms. The largest absolute Gasteiger partial charge is 0.480 e. The number of rotatable bonds is 5. The zero-order valence-electron chi connectivity index (χ0n) is 13.3. The lowest BCUT2D eigenvalue weighted by Crippen LogP contribution is -2.48. The van der Waals surface area contributed by atoms with E-state index in [1.807, 2.05) is 0 Å². The van der Waals surface area contributed by atoms with Crippen LogP contribution in [-0.2, 0) is 14.3 Å². The van der Waals surface area contributed by atoms with Crippen LogP contribution in [0.3, 0.4) is 0 Å². The minimum atomic E-state index is -1.30. The van der Waals surface area contributed by atoms with Crippen LogP contribution in [0.25, 0.3) is 0 Å². The van der Waals surface area contributed by atoms with E-state index in [9.17, 15) is 19.5 Å². The van der Waals surface area contributed by atoms with Crippen LogP contribution < -0.4 is 0 Å². The summed E-state index contributed by atoms with van der Waals surface area (Å²) >= 11 is 0. The van der Waals surface area contributed by atoms with Crippen LogP contribution in [0.1, 0.15) is 28.3 Å². The van der Waals surface area contributed by atoms with Crippen LogP contribution >= 0.6 is 0 Å². The first-order valence-electron chi connectivity index (χ1n) is 8.07. The Labute approximate surface area is 139 Å². The van der Waals surface area contributed by atoms with Gasteiger partial charge in [-0.1, -0.05) is 18.2 Å². The van der Waals surface area contributed by atoms with E-state index in [2.05, 4.69) is 4.90 Å². The molecule has 1 unspecified atom stereocenters. The molecule has 1 atom stereocenters. The van der Waals surface area contributed by atoms with Crippen molar-refractivity contribution in [1.29, 1.82) is 0 Å². The smallest absolute Gasteiger partial charge is 0.320 e. The first kappa shape index (κ1) is 16.6. The van der Waals surface area contributed by atoms with Crippen molar-refractivity contribution in [3.63, 3.8) is 0 Å². The third-order valence-electron chi connectivity index (χ3n) is 4.47. The molecule has 0 bridgehead atoms. The van der Waals surface area contributed by atoms with E-state index in [4.69, 9.17) is 4.74 Å². The predicted octanol–water partition coefficient (Wildman–Crippen LogP) is 0.560. The summed E-state index contributed by atoms with van der Waals surface area (Å²) in [6, 6.07) is 6.44. The Morgan fingerprint density at radius 2 is 1.88 bits per heavy atom. The number of imide groups is 1. The fraction of sp³-hybridized carbons (Fsp3) is 0.471. The lowest BCUT2D eigenvalue weighted by molar-refractivity contribution is -0.146. The molecule has 2 aliphatic heterocycles. The van der Waals surface area contributed by atoms with Crippen molar-refractivity contribution in [2.24, 2.45) is 0 Å². The summed E-state index contributed by atoms with van der Waals surface area (Å²) in [5, 5.41) is 9.41. The Balaban J connectivity index is 1.72. The highest BCUT2D eigenvalue weighted by molar-refractivity contribution is 6.17. The van der Waals surface area contributed by atoms with E-state index in [1.165, 1.54) is 6.07 Å². The van der Waals surface area contributed by atoms with Crippen molar-refractivity contribution in [2.75, 3.05) is 39.4 Å². The van der Waals surface area contributed by atoms with Crippen molar-refractivity contribution in [1.82, 2.24) is 9.80 Å². The number of fused-ring (bicyclic) bond motifs is 1. The predicted molar refractivity (Wildman–Crippen MR) is 84.7 cm³/mol. The van der Waals surface area contributed by atoms with Gasteiger partial charge in [-0.15, -0.1) is 0 Å². The number of amides is 2. The molecule has 1 fully saturated rings. The summed E-state index contributed by atoms with van der Waals surface area (Å²) in [6.07, 6.45) is 0.617. The second-order valence-electron chi connectivity index (χ2n) is 5.96. The highest BCUT2D eigenvalue weighted by Crippen LogP contribution is 2.29. The van der Waals surface area contributed by atoms with E-state index in [-0.39, 0.29) is 12.1 Å². The normalized spacial score (nSPS) is 21.7. The molecule has 128 valence electrons. The summed E-state index contributed by atoms with van der Waals surface area (Å²) in [7, 11) is 0. The molecular weight excluding hydrogens is 312 g/mol. The Hall–Kier alpha value is -2.25. The molecular formula is C17H20N2O5.